The Hall–Kier alpha value is -0.600. The van der Waals surface area contributed by atoms with Crippen LogP contribution in [0.25, 0.3) is 0 Å². The summed E-state index contributed by atoms with van der Waals surface area (Å²) in [5.74, 6) is 0.553. The molecule has 2 heteroatoms. The molecule has 2 bridgehead atoms. The van der Waals surface area contributed by atoms with E-state index in [0.717, 1.165) is 0 Å². The first-order valence-corrected chi connectivity index (χ1v) is 3.94. The monoisotopic (exact) mass is 152 g/mol. The van der Waals surface area contributed by atoms with Crippen LogP contribution in [0, 0.1) is 11.8 Å². The van der Waals surface area contributed by atoms with Crippen molar-refractivity contribution in [1.29, 1.82) is 0 Å². The van der Waals surface area contributed by atoms with Crippen molar-refractivity contribution in [3.63, 3.8) is 0 Å². The number of rotatable bonds is 2. The minimum Gasteiger partial charge on any atom is -0.396 e. The summed E-state index contributed by atoms with van der Waals surface area (Å²) in [4.78, 5) is 0. The van der Waals surface area contributed by atoms with Crippen molar-refractivity contribution in [2.24, 2.45) is 11.8 Å². The molecule has 11 heavy (non-hydrogen) atoms. The molecule has 2 rings (SSSR count). The van der Waals surface area contributed by atoms with Crippen molar-refractivity contribution in [3.8, 4) is 0 Å². The summed E-state index contributed by atoms with van der Waals surface area (Å²) < 4.78 is 5.54. The van der Waals surface area contributed by atoms with Crippen LogP contribution in [-0.4, -0.2) is 23.9 Å². The maximum absolute atomic E-state index is 9.03. The van der Waals surface area contributed by atoms with Crippen LogP contribution >= 0.6 is 0 Å². The van der Waals surface area contributed by atoms with E-state index in [1.54, 1.807) is 0 Å². The average Bonchev–Trinajstić information content (AvgIpc) is 2.60. The molecule has 4 unspecified atom stereocenters. The molecule has 4 atom stereocenters. The fourth-order valence-corrected chi connectivity index (χ4v) is 1.95. The lowest BCUT2D eigenvalue weighted by atomic mass is 9.84. The fraction of sp³-hybridized carbons (Fsp3) is 0.556. The Balaban J connectivity index is 2.21. The van der Waals surface area contributed by atoms with Crippen LogP contribution in [0.2, 0.25) is 0 Å². The third kappa shape index (κ3) is 0.865. The predicted octanol–water partition coefficient (Wildman–Crippen LogP) is 0.734. The zero-order valence-electron chi connectivity index (χ0n) is 6.31. The molecule has 0 aromatic heterocycles. The van der Waals surface area contributed by atoms with Crippen LogP contribution < -0.4 is 0 Å². The van der Waals surface area contributed by atoms with E-state index in [9.17, 15) is 0 Å². The van der Waals surface area contributed by atoms with E-state index >= 15 is 0 Å². The molecule has 0 amide bonds. The molecule has 60 valence electrons. The van der Waals surface area contributed by atoms with Gasteiger partial charge in [-0.2, -0.15) is 0 Å². The topological polar surface area (TPSA) is 29.5 Å². The second-order valence-corrected chi connectivity index (χ2v) is 3.11. The van der Waals surface area contributed by atoms with E-state index in [0.29, 0.717) is 5.92 Å². The van der Waals surface area contributed by atoms with Gasteiger partial charge in [-0.3, -0.25) is 0 Å². The van der Waals surface area contributed by atoms with Crippen LogP contribution in [0.15, 0.2) is 24.8 Å². The van der Waals surface area contributed by atoms with Crippen LogP contribution in [0.5, 0.6) is 0 Å². The van der Waals surface area contributed by atoms with Crippen molar-refractivity contribution < 1.29 is 9.84 Å². The van der Waals surface area contributed by atoms with E-state index in [1.165, 1.54) is 0 Å². The van der Waals surface area contributed by atoms with Gasteiger partial charge in [-0.05, 0) is 0 Å². The quantitative estimate of drug-likeness (QED) is 0.591. The number of fused-ring (bicyclic) bond motifs is 2. The lowest BCUT2D eigenvalue weighted by Crippen LogP contribution is -2.25. The molecule has 0 radical (unpaired) electrons. The Labute approximate surface area is 66.2 Å². The minimum absolute atomic E-state index is 0.132. The number of ether oxygens (including phenoxy) is 1. The smallest absolute Gasteiger partial charge is 0.0832 e. The molecule has 2 aliphatic rings. The van der Waals surface area contributed by atoms with E-state index in [4.69, 9.17) is 9.84 Å². The third-order valence-electron chi connectivity index (χ3n) is 2.58. The van der Waals surface area contributed by atoms with Gasteiger partial charge < -0.3 is 9.84 Å². The Morgan fingerprint density at radius 2 is 2.18 bits per heavy atom. The molecule has 2 aliphatic heterocycles. The summed E-state index contributed by atoms with van der Waals surface area (Å²) in [7, 11) is 0. The molecule has 2 nitrogen and oxygen atoms in total. The maximum Gasteiger partial charge on any atom is 0.0832 e. The van der Waals surface area contributed by atoms with Crippen LogP contribution in [0.1, 0.15) is 0 Å². The molecular weight excluding hydrogens is 140 g/mol. The Bertz CT molecular complexity index is 198. The number of aliphatic hydroxyl groups is 1. The SMILES string of the molecule is C=CC1C2C=CC(O2)C1CO. The first-order chi connectivity index (χ1) is 5.36. The highest BCUT2D eigenvalue weighted by Gasteiger charge is 2.43. The molecular formula is C9H12O2. The van der Waals surface area contributed by atoms with Gasteiger partial charge in [0.25, 0.3) is 0 Å². The zero-order valence-corrected chi connectivity index (χ0v) is 6.31. The van der Waals surface area contributed by atoms with Crippen molar-refractivity contribution in [3.05, 3.63) is 24.8 Å². The van der Waals surface area contributed by atoms with Gasteiger partial charge in [0.2, 0.25) is 0 Å². The highest BCUT2D eigenvalue weighted by atomic mass is 16.5. The van der Waals surface area contributed by atoms with E-state index in [2.05, 4.69) is 12.7 Å². The molecule has 0 aliphatic carbocycles. The number of hydrogen-bond donors (Lipinski definition) is 1. The van der Waals surface area contributed by atoms with Gasteiger partial charge >= 0.3 is 0 Å². The standard InChI is InChI=1S/C9H12O2/c1-2-6-7(5-10)9-4-3-8(6)11-9/h2-4,6-10H,1,5H2. The molecule has 0 aromatic rings. The second kappa shape index (κ2) is 2.47. The highest BCUT2D eigenvalue weighted by molar-refractivity contribution is 5.17. The molecule has 1 saturated heterocycles. The third-order valence-corrected chi connectivity index (χ3v) is 2.58. The molecule has 1 fully saturated rings. The number of aliphatic hydroxyl groups excluding tert-OH is 1. The summed E-state index contributed by atoms with van der Waals surface area (Å²) in [5.41, 5.74) is 0. The van der Waals surface area contributed by atoms with Crippen LogP contribution in [0.4, 0.5) is 0 Å². The van der Waals surface area contributed by atoms with Gasteiger partial charge in [0.15, 0.2) is 0 Å². The molecule has 2 heterocycles. The van der Waals surface area contributed by atoms with Crippen LogP contribution in [-0.2, 0) is 4.74 Å². The lowest BCUT2D eigenvalue weighted by Gasteiger charge is -2.19. The first-order valence-electron chi connectivity index (χ1n) is 3.94. The van der Waals surface area contributed by atoms with Gasteiger partial charge in [-0.15, -0.1) is 6.58 Å². The van der Waals surface area contributed by atoms with Gasteiger partial charge in [-0.25, -0.2) is 0 Å². The number of hydrogen-bond acceptors (Lipinski definition) is 2. The normalized spacial score (nSPS) is 46.6. The molecule has 1 N–H and O–H groups in total. The molecule has 0 spiro atoms. The highest BCUT2D eigenvalue weighted by Crippen LogP contribution is 2.38. The summed E-state index contributed by atoms with van der Waals surface area (Å²) in [6.45, 7) is 3.93. The van der Waals surface area contributed by atoms with Crippen molar-refractivity contribution >= 4 is 0 Å². The predicted molar refractivity (Wildman–Crippen MR) is 42.1 cm³/mol. The molecule has 0 aromatic carbocycles. The van der Waals surface area contributed by atoms with Gasteiger partial charge in [-0.1, -0.05) is 18.2 Å². The second-order valence-electron chi connectivity index (χ2n) is 3.11. The van der Waals surface area contributed by atoms with Gasteiger partial charge in [0.05, 0.1) is 12.2 Å². The Morgan fingerprint density at radius 1 is 1.45 bits per heavy atom. The Kier molecular flexibility index (Phi) is 1.59. The summed E-state index contributed by atoms with van der Waals surface area (Å²) in [6.07, 6.45) is 6.28. The van der Waals surface area contributed by atoms with Crippen molar-refractivity contribution in [1.82, 2.24) is 0 Å². The molecule has 0 saturated carbocycles. The fourth-order valence-electron chi connectivity index (χ4n) is 1.95. The van der Waals surface area contributed by atoms with Gasteiger partial charge in [0, 0.05) is 18.4 Å². The first kappa shape index (κ1) is 7.07. The van der Waals surface area contributed by atoms with E-state index in [1.807, 2.05) is 12.2 Å². The van der Waals surface area contributed by atoms with E-state index < -0.39 is 0 Å². The summed E-state index contributed by atoms with van der Waals surface area (Å²) in [5, 5.41) is 9.03. The van der Waals surface area contributed by atoms with Crippen molar-refractivity contribution in [2.45, 2.75) is 12.2 Å². The summed E-state index contributed by atoms with van der Waals surface area (Å²) >= 11 is 0. The summed E-state index contributed by atoms with van der Waals surface area (Å²) in [6, 6.07) is 0. The van der Waals surface area contributed by atoms with E-state index in [-0.39, 0.29) is 24.7 Å². The largest absolute Gasteiger partial charge is 0.396 e. The van der Waals surface area contributed by atoms with Gasteiger partial charge in [0.1, 0.15) is 0 Å². The van der Waals surface area contributed by atoms with Crippen LogP contribution in [0.3, 0.4) is 0 Å². The van der Waals surface area contributed by atoms with Crippen molar-refractivity contribution in [2.75, 3.05) is 6.61 Å². The lowest BCUT2D eigenvalue weighted by molar-refractivity contribution is 0.0944. The minimum atomic E-state index is 0.132. The zero-order chi connectivity index (χ0) is 7.84. The Morgan fingerprint density at radius 3 is 2.73 bits per heavy atom. The average molecular weight is 152 g/mol. The maximum atomic E-state index is 9.03.